The molecule has 2 rings (SSSR count). The Morgan fingerprint density at radius 3 is 2.35 bits per heavy atom. The van der Waals surface area contributed by atoms with E-state index in [1.165, 1.54) is 18.5 Å². The van der Waals surface area contributed by atoms with Crippen LogP contribution in [-0.4, -0.2) is 19.0 Å². The highest BCUT2D eigenvalue weighted by Crippen LogP contribution is 2.22. The van der Waals surface area contributed by atoms with Gasteiger partial charge in [0.15, 0.2) is 0 Å². The molecule has 1 aliphatic heterocycles. The zero-order valence-electron chi connectivity index (χ0n) is 12.1. The van der Waals surface area contributed by atoms with Gasteiger partial charge in [-0.2, -0.15) is 5.26 Å². The van der Waals surface area contributed by atoms with Gasteiger partial charge in [-0.05, 0) is 43.0 Å². The summed E-state index contributed by atoms with van der Waals surface area (Å²) in [6.07, 6.45) is 2.49. The molecule has 0 radical (unpaired) electrons. The maximum Gasteiger partial charge on any atom is 0.241 e. The van der Waals surface area contributed by atoms with Crippen molar-refractivity contribution in [3.63, 3.8) is 0 Å². The number of carbonyl (C=O) groups is 1. The third-order valence-electron chi connectivity index (χ3n) is 3.69. The summed E-state index contributed by atoms with van der Waals surface area (Å²) in [6.45, 7) is 5.97. The molecule has 1 atom stereocenters. The quantitative estimate of drug-likeness (QED) is 0.915. The molecule has 1 unspecified atom stereocenters. The Kier molecular flexibility index (Phi) is 4.62. The van der Waals surface area contributed by atoms with Gasteiger partial charge in [0.25, 0.3) is 0 Å². The molecule has 1 heterocycles. The van der Waals surface area contributed by atoms with Crippen molar-refractivity contribution in [2.75, 3.05) is 23.3 Å². The summed E-state index contributed by atoms with van der Waals surface area (Å²) in [5.74, 6) is -0.812. The molecule has 0 bridgehead atoms. The molecule has 4 heteroatoms. The summed E-state index contributed by atoms with van der Waals surface area (Å²) >= 11 is 0. The van der Waals surface area contributed by atoms with E-state index in [-0.39, 0.29) is 11.8 Å². The van der Waals surface area contributed by atoms with Crippen molar-refractivity contribution in [1.82, 2.24) is 0 Å². The van der Waals surface area contributed by atoms with Gasteiger partial charge in [0.2, 0.25) is 5.91 Å². The van der Waals surface area contributed by atoms with Crippen molar-refractivity contribution in [3.8, 4) is 6.07 Å². The number of nitrogens with one attached hydrogen (secondary N) is 1. The van der Waals surface area contributed by atoms with Crippen LogP contribution in [0.2, 0.25) is 0 Å². The van der Waals surface area contributed by atoms with E-state index in [2.05, 4.69) is 16.3 Å². The van der Waals surface area contributed by atoms with Crippen molar-refractivity contribution in [2.45, 2.75) is 26.7 Å². The molecule has 1 N–H and O–H groups in total. The number of nitrogens with zero attached hydrogens (tertiary/aromatic N) is 2. The van der Waals surface area contributed by atoms with Crippen molar-refractivity contribution < 1.29 is 4.79 Å². The smallest absolute Gasteiger partial charge is 0.241 e. The van der Waals surface area contributed by atoms with E-state index in [0.29, 0.717) is 0 Å². The number of hydrogen-bond donors (Lipinski definition) is 1. The Morgan fingerprint density at radius 1 is 1.25 bits per heavy atom. The molecule has 0 aromatic heterocycles. The second-order valence-corrected chi connectivity index (χ2v) is 5.58. The van der Waals surface area contributed by atoms with Crippen molar-refractivity contribution in [3.05, 3.63) is 24.3 Å². The van der Waals surface area contributed by atoms with Crippen molar-refractivity contribution in [1.29, 1.82) is 5.26 Å². The van der Waals surface area contributed by atoms with Crippen LogP contribution in [0.3, 0.4) is 0 Å². The van der Waals surface area contributed by atoms with Crippen LogP contribution < -0.4 is 10.2 Å². The van der Waals surface area contributed by atoms with Crippen LogP contribution in [-0.2, 0) is 4.79 Å². The fourth-order valence-corrected chi connectivity index (χ4v) is 2.46. The fraction of sp³-hybridized carbons (Fsp3) is 0.500. The highest BCUT2D eigenvalue weighted by Gasteiger charge is 2.21. The van der Waals surface area contributed by atoms with Gasteiger partial charge in [-0.3, -0.25) is 4.79 Å². The lowest BCUT2D eigenvalue weighted by atomic mass is 9.96. The van der Waals surface area contributed by atoms with Crippen LogP contribution in [0.1, 0.15) is 26.7 Å². The first kappa shape index (κ1) is 14.4. The summed E-state index contributed by atoms with van der Waals surface area (Å²) in [6, 6.07) is 9.91. The average molecular weight is 271 g/mol. The van der Waals surface area contributed by atoms with E-state index in [1.807, 2.05) is 38.1 Å². The minimum Gasteiger partial charge on any atom is -0.372 e. The molecule has 0 spiro atoms. The number of carbonyl (C=O) groups excluding carboxylic acids is 1. The van der Waals surface area contributed by atoms with Gasteiger partial charge in [-0.25, -0.2) is 0 Å². The lowest BCUT2D eigenvalue weighted by molar-refractivity contribution is -0.119. The van der Waals surface area contributed by atoms with Crippen LogP contribution >= 0.6 is 0 Å². The van der Waals surface area contributed by atoms with E-state index in [9.17, 15) is 4.79 Å². The van der Waals surface area contributed by atoms with Crippen LogP contribution in [0.4, 0.5) is 11.4 Å². The first-order valence-corrected chi connectivity index (χ1v) is 7.17. The van der Waals surface area contributed by atoms with E-state index in [4.69, 9.17) is 5.26 Å². The molecule has 1 fully saturated rings. The monoisotopic (exact) mass is 271 g/mol. The molecule has 106 valence electrons. The van der Waals surface area contributed by atoms with E-state index < -0.39 is 5.92 Å². The van der Waals surface area contributed by atoms with Crippen LogP contribution in [0, 0.1) is 23.2 Å². The van der Waals surface area contributed by atoms with Gasteiger partial charge in [0, 0.05) is 24.5 Å². The maximum absolute atomic E-state index is 12.0. The van der Waals surface area contributed by atoms with Gasteiger partial charge in [0.1, 0.15) is 5.92 Å². The SMILES string of the molecule is CC(C)C(C#N)C(=O)Nc1ccc(N2CCCC2)cc1. The fourth-order valence-electron chi connectivity index (χ4n) is 2.46. The molecular formula is C16H21N3O. The molecule has 1 saturated heterocycles. The average Bonchev–Trinajstić information content (AvgIpc) is 2.94. The standard InChI is InChI=1S/C16H21N3O/c1-12(2)15(11-17)16(20)18-13-5-7-14(8-6-13)19-9-3-4-10-19/h5-8,12,15H,3-4,9-10H2,1-2H3,(H,18,20). The molecule has 1 aromatic rings. The number of benzene rings is 1. The molecule has 1 aromatic carbocycles. The largest absolute Gasteiger partial charge is 0.372 e. The molecule has 4 nitrogen and oxygen atoms in total. The van der Waals surface area contributed by atoms with Crippen LogP contribution in [0.25, 0.3) is 0 Å². The predicted octanol–water partition coefficient (Wildman–Crippen LogP) is 3.02. The number of anilines is 2. The Hall–Kier alpha value is -2.02. The van der Waals surface area contributed by atoms with Gasteiger partial charge < -0.3 is 10.2 Å². The Bertz CT molecular complexity index is 495. The number of rotatable bonds is 4. The van der Waals surface area contributed by atoms with Gasteiger partial charge in [-0.1, -0.05) is 13.8 Å². The molecule has 1 amide bonds. The third-order valence-corrected chi connectivity index (χ3v) is 3.69. The van der Waals surface area contributed by atoms with Crippen LogP contribution in [0.5, 0.6) is 0 Å². The highest BCUT2D eigenvalue weighted by atomic mass is 16.1. The minimum absolute atomic E-state index is 0.0175. The first-order chi connectivity index (χ1) is 9.61. The topological polar surface area (TPSA) is 56.1 Å². The Labute approximate surface area is 120 Å². The highest BCUT2D eigenvalue weighted by molar-refractivity contribution is 5.94. The first-order valence-electron chi connectivity index (χ1n) is 7.17. The number of hydrogen-bond acceptors (Lipinski definition) is 3. The molecule has 1 aliphatic rings. The van der Waals surface area contributed by atoms with Crippen molar-refractivity contribution >= 4 is 17.3 Å². The second-order valence-electron chi connectivity index (χ2n) is 5.58. The van der Waals surface area contributed by atoms with Gasteiger partial charge in [0.05, 0.1) is 6.07 Å². The normalized spacial score (nSPS) is 16.0. The predicted molar refractivity (Wildman–Crippen MR) is 80.5 cm³/mol. The summed E-state index contributed by atoms with van der Waals surface area (Å²) in [5, 5.41) is 11.8. The Balaban J connectivity index is 2.00. The van der Waals surface area contributed by atoms with Gasteiger partial charge >= 0.3 is 0 Å². The molecular weight excluding hydrogens is 250 g/mol. The summed E-state index contributed by atoms with van der Waals surface area (Å²) < 4.78 is 0. The number of amides is 1. The van der Waals surface area contributed by atoms with Crippen molar-refractivity contribution in [2.24, 2.45) is 11.8 Å². The molecule has 20 heavy (non-hydrogen) atoms. The lowest BCUT2D eigenvalue weighted by Crippen LogP contribution is -2.25. The lowest BCUT2D eigenvalue weighted by Gasteiger charge is -2.18. The van der Waals surface area contributed by atoms with E-state index >= 15 is 0 Å². The molecule has 0 saturated carbocycles. The zero-order valence-corrected chi connectivity index (χ0v) is 12.1. The van der Waals surface area contributed by atoms with E-state index in [0.717, 1.165) is 18.8 Å². The summed E-state index contributed by atoms with van der Waals surface area (Å²) in [7, 11) is 0. The van der Waals surface area contributed by atoms with E-state index in [1.54, 1.807) is 0 Å². The number of nitriles is 1. The second kappa shape index (κ2) is 6.42. The third kappa shape index (κ3) is 3.30. The van der Waals surface area contributed by atoms with Gasteiger partial charge in [-0.15, -0.1) is 0 Å². The summed E-state index contributed by atoms with van der Waals surface area (Å²) in [4.78, 5) is 14.3. The minimum atomic E-state index is -0.603. The molecule has 0 aliphatic carbocycles. The van der Waals surface area contributed by atoms with Crippen LogP contribution in [0.15, 0.2) is 24.3 Å². The summed E-state index contributed by atoms with van der Waals surface area (Å²) in [5.41, 5.74) is 1.94. The zero-order chi connectivity index (χ0) is 14.5. The maximum atomic E-state index is 12.0. The Morgan fingerprint density at radius 2 is 1.85 bits per heavy atom.